The van der Waals surface area contributed by atoms with Crippen LogP contribution in [0.15, 0.2) is 30.5 Å². The SMILES string of the molecule is Cc1cccc(C)c1NC(=O)N1CCN(c2ccnc(Cl)n2)CC1C(C)C. The Kier molecular flexibility index (Phi) is 5.85. The molecule has 1 aromatic heterocycles. The van der Waals surface area contributed by atoms with Crippen molar-refractivity contribution in [2.24, 2.45) is 5.92 Å². The van der Waals surface area contributed by atoms with Crippen LogP contribution in [0.3, 0.4) is 0 Å². The molecule has 144 valence electrons. The van der Waals surface area contributed by atoms with Gasteiger partial charge in [-0.05, 0) is 48.6 Å². The van der Waals surface area contributed by atoms with Gasteiger partial charge >= 0.3 is 6.03 Å². The molecule has 1 atom stereocenters. The lowest BCUT2D eigenvalue weighted by Gasteiger charge is -2.43. The molecule has 2 heterocycles. The maximum absolute atomic E-state index is 13.0. The Labute approximate surface area is 165 Å². The summed E-state index contributed by atoms with van der Waals surface area (Å²) in [6.45, 7) is 10.3. The number of benzene rings is 1. The molecule has 7 heteroatoms. The molecule has 3 rings (SSSR count). The lowest BCUT2D eigenvalue weighted by atomic mass is 9.99. The molecule has 1 fully saturated rings. The van der Waals surface area contributed by atoms with Gasteiger partial charge in [-0.3, -0.25) is 0 Å². The summed E-state index contributed by atoms with van der Waals surface area (Å²) in [6.07, 6.45) is 1.66. The van der Waals surface area contributed by atoms with E-state index < -0.39 is 0 Å². The highest BCUT2D eigenvalue weighted by molar-refractivity contribution is 6.28. The number of amides is 2. The van der Waals surface area contributed by atoms with Gasteiger partial charge in [0.2, 0.25) is 5.28 Å². The van der Waals surface area contributed by atoms with Crippen molar-refractivity contribution in [1.29, 1.82) is 0 Å². The fourth-order valence-electron chi connectivity index (χ4n) is 3.53. The molecule has 1 N–H and O–H groups in total. The first kappa shape index (κ1) is 19.4. The molecule has 0 bridgehead atoms. The molecule has 6 nitrogen and oxygen atoms in total. The zero-order valence-corrected chi connectivity index (χ0v) is 17.0. The third kappa shape index (κ3) is 4.33. The summed E-state index contributed by atoms with van der Waals surface area (Å²) in [5, 5.41) is 3.36. The average Bonchev–Trinajstić information content (AvgIpc) is 2.64. The first-order chi connectivity index (χ1) is 12.9. The molecule has 1 aromatic carbocycles. The van der Waals surface area contributed by atoms with E-state index in [-0.39, 0.29) is 17.4 Å². The number of urea groups is 1. The molecule has 0 spiro atoms. The minimum Gasteiger partial charge on any atom is -0.353 e. The third-order valence-corrected chi connectivity index (χ3v) is 5.28. The van der Waals surface area contributed by atoms with E-state index >= 15 is 0 Å². The molecule has 0 aliphatic carbocycles. The molecule has 1 unspecified atom stereocenters. The summed E-state index contributed by atoms with van der Waals surface area (Å²) in [5.74, 6) is 1.12. The van der Waals surface area contributed by atoms with Crippen molar-refractivity contribution in [3.63, 3.8) is 0 Å². The van der Waals surface area contributed by atoms with Crippen molar-refractivity contribution in [1.82, 2.24) is 14.9 Å². The summed E-state index contributed by atoms with van der Waals surface area (Å²) in [5.41, 5.74) is 3.03. The zero-order chi connectivity index (χ0) is 19.6. The van der Waals surface area contributed by atoms with Crippen LogP contribution in [-0.2, 0) is 0 Å². The molecule has 0 radical (unpaired) electrons. The van der Waals surface area contributed by atoms with Gasteiger partial charge in [-0.1, -0.05) is 32.0 Å². The maximum atomic E-state index is 13.0. The fraction of sp³-hybridized carbons (Fsp3) is 0.450. The lowest BCUT2D eigenvalue weighted by Crippen LogP contribution is -2.58. The Morgan fingerprint density at radius 3 is 2.56 bits per heavy atom. The average molecular weight is 388 g/mol. The number of nitrogens with one attached hydrogen (secondary N) is 1. The first-order valence-corrected chi connectivity index (χ1v) is 9.62. The predicted molar refractivity (Wildman–Crippen MR) is 110 cm³/mol. The third-order valence-electron chi connectivity index (χ3n) is 5.10. The number of nitrogens with zero attached hydrogens (tertiary/aromatic N) is 4. The highest BCUT2D eigenvalue weighted by Crippen LogP contribution is 2.25. The van der Waals surface area contributed by atoms with Gasteiger partial charge in [-0.25, -0.2) is 14.8 Å². The number of hydrogen-bond donors (Lipinski definition) is 1. The Morgan fingerprint density at radius 1 is 1.22 bits per heavy atom. The lowest BCUT2D eigenvalue weighted by molar-refractivity contribution is 0.156. The molecular weight excluding hydrogens is 362 g/mol. The second-order valence-corrected chi connectivity index (χ2v) is 7.67. The number of carbonyl (C=O) groups excluding carboxylic acids is 1. The van der Waals surface area contributed by atoms with Crippen LogP contribution in [0.4, 0.5) is 16.3 Å². The van der Waals surface area contributed by atoms with E-state index in [0.717, 1.165) is 22.6 Å². The number of aryl methyl sites for hydroxylation is 2. The van der Waals surface area contributed by atoms with E-state index in [4.69, 9.17) is 11.6 Å². The predicted octanol–water partition coefficient (Wildman–Crippen LogP) is 4.13. The molecule has 1 saturated heterocycles. The van der Waals surface area contributed by atoms with Crippen LogP contribution in [0.5, 0.6) is 0 Å². The van der Waals surface area contributed by atoms with Crippen LogP contribution in [0, 0.1) is 19.8 Å². The molecule has 0 saturated carbocycles. The van der Waals surface area contributed by atoms with Gasteiger partial charge in [0.1, 0.15) is 5.82 Å². The number of aromatic nitrogens is 2. The van der Waals surface area contributed by atoms with Crippen molar-refractivity contribution >= 4 is 29.1 Å². The zero-order valence-electron chi connectivity index (χ0n) is 16.2. The Hall–Kier alpha value is -2.34. The van der Waals surface area contributed by atoms with Crippen molar-refractivity contribution in [2.45, 2.75) is 33.7 Å². The van der Waals surface area contributed by atoms with E-state index in [9.17, 15) is 4.79 Å². The molecular formula is C20H26ClN5O. The first-order valence-electron chi connectivity index (χ1n) is 9.24. The number of rotatable bonds is 3. The molecule has 27 heavy (non-hydrogen) atoms. The van der Waals surface area contributed by atoms with Crippen molar-refractivity contribution in [3.05, 3.63) is 46.9 Å². The second-order valence-electron chi connectivity index (χ2n) is 7.33. The fourth-order valence-corrected chi connectivity index (χ4v) is 3.68. The van der Waals surface area contributed by atoms with Crippen LogP contribution in [-0.4, -0.2) is 46.6 Å². The van der Waals surface area contributed by atoms with Gasteiger partial charge in [0.25, 0.3) is 0 Å². The summed E-state index contributed by atoms with van der Waals surface area (Å²) >= 11 is 5.94. The quantitative estimate of drug-likeness (QED) is 0.804. The largest absolute Gasteiger partial charge is 0.353 e. The van der Waals surface area contributed by atoms with Crippen LogP contribution < -0.4 is 10.2 Å². The minimum absolute atomic E-state index is 0.0496. The van der Waals surface area contributed by atoms with Gasteiger partial charge in [0.15, 0.2) is 0 Å². The summed E-state index contributed by atoms with van der Waals surface area (Å²) in [4.78, 5) is 25.4. The van der Waals surface area contributed by atoms with Crippen LogP contribution in [0.1, 0.15) is 25.0 Å². The standard InChI is InChI=1S/C20H26ClN5O/c1-13(2)16-12-25(17-8-9-22-19(21)23-17)10-11-26(16)20(27)24-18-14(3)6-5-7-15(18)4/h5-9,13,16H,10-12H2,1-4H3,(H,24,27). The number of anilines is 2. The summed E-state index contributed by atoms with van der Waals surface area (Å²) in [6, 6.07) is 7.92. The smallest absolute Gasteiger partial charge is 0.322 e. The molecule has 1 aliphatic rings. The monoisotopic (exact) mass is 387 g/mol. The summed E-state index contributed by atoms with van der Waals surface area (Å²) < 4.78 is 0. The Balaban J connectivity index is 1.77. The van der Waals surface area contributed by atoms with Crippen molar-refractivity contribution in [3.8, 4) is 0 Å². The number of halogens is 1. The minimum atomic E-state index is -0.0496. The van der Waals surface area contributed by atoms with E-state index in [2.05, 4.69) is 34.0 Å². The van der Waals surface area contributed by atoms with Crippen LogP contribution in [0.2, 0.25) is 5.28 Å². The Bertz CT molecular complexity index is 806. The normalized spacial score (nSPS) is 17.3. The van der Waals surface area contributed by atoms with Gasteiger partial charge in [-0.15, -0.1) is 0 Å². The van der Waals surface area contributed by atoms with Gasteiger partial charge in [0.05, 0.1) is 6.04 Å². The number of carbonyl (C=O) groups is 1. The van der Waals surface area contributed by atoms with Crippen molar-refractivity contribution < 1.29 is 4.79 Å². The van der Waals surface area contributed by atoms with E-state index in [0.29, 0.717) is 25.6 Å². The van der Waals surface area contributed by atoms with E-state index in [1.165, 1.54) is 0 Å². The molecule has 1 aliphatic heterocycles. The molecule has 2 amide bonds. The topological polar surface area (TPSA) is 61.4 Å². The van der Waals surface area contributed by atoms with Gasteiger partial charge < -0.3 is 15.1 Å². The molecule has 2 aromatic rings. The summed E-state index contributed by atoms with van der Waals surface area (Å²) in [7, 11) is 0. The van der Waals surface area contributed by atoms with E-state index in [1.807, 2.05) is 43.0 Å². The number of piperazine rings is 1. The van der Waals surface area contributed by atoms with Crippen LogP contribution >= 0.6 is 11.6 Å². The van der Waals surface area contributed by atoms with Gasteiger partial charge in [-0.2, -0.15) is 0 Å². The van der Waals surface area contributed by atoms with Crippen molar-refractivity contribution in [2.75, 3.05) is 29.9 Å². The Morgan fingerprint density at radius 2 is 1.93 bits per heavy atom. The highest BCUT2D eigenvalue weighted by Gasteiger charge is 2.33. The van der Waals surface area contributed by atoms with E-state index in [1.54, 1.807) is 6.20 Å². The maximum Gasteiger partial charge on any atom is 0.322 e. The number of para-hydroxylation sites is 1. The highest BCUT2D eigenvalue weighted by atomic mass is 35.5. The number of hydrogen-bond acceptors (Lipinski definition) is 4. The second kappa shape index (κ2) is 8.13. The van der Waals surface area contributed by atoms with Crippen LogP contribution in [0.25, 0.3) is 0 Å². The van der Waals surface area contributed by atoms with Gasteiger partial charge in [0, 0.05) is 31.5 Å².